The third-order valence-corrected chi connectivity index (χ3v) is 7.08. The Balaban J connectivity index is 1.59. The van der Waals surface area contributed by atoms with Gasteiger partial charge in [-0.05, 0) is 64.4 Å². The lowest BCUT2D eigenvalue weighted by molar-refractivity contribution is 0.597. The van der Waals surface area contributed by atoms with Crippen molar-refractivity contribution in [3.05, 3.63) is 107 Å². The quantitative estimate of drug-likeness (QED) is 0.391. The number of halogens is 1. The number of nitrogens with two attached hydrogens (primary N) is 1. The molecule has 0 aliphatic carbocycles. The van der Waals surface area contributed by atoms with Gasteiger partial charge < -0.3 is 0 Å². The highest BCUT2D eigenvalue weighted by Gasteiger charge is 2.30. The fourth-order valence-corrected chi connectivity index (χ4v) is 4.97. The molecule has 0 fully saturated rings. The first-order valence-corrected chi connectivity index (χ1v) is 12.5. The van der Waals surface area contributed by atoms with E-state index in [2.05, 4.69) is 58.4 Å². The third kappa shape index (κ3) is 4.07. The Hall–Kier alpha value is -3.00. The van der Waals surface area contributed by atoms with Crippen LogP contribution < -0.4 is 10.1 Å². The maximum absolute atomic E-state index is 11.7. The molecule has 0 saturated heterocycles. The molecule has 1 unspecified atom stereocenters. The van der Waals surface area contributed by atoms with Crippen LogP contribution in [-0.4, -0.2) is 14.1 Å². The smallest absolute Gasteiger partial charge is 0.238 e. The van der Waals surface area contributed by atoms with Crippen molar-refractivity contribution in [1.82, 2.24) is 0 Å². The molecule has 160 valence electrons. The highest BCUT2D eigenvalue weighted by molar-refractivity contribution is 9.10. The first-order chi connectivity index (χ1) is 15.4. The van der Waals surface area contributed by atoms with Gasteiger partial charge in [-0.1, -0.05) is 64.5 Å². The van der Waals surface area contributed by atoms with Crippen molar-refractivity contribution >= 4 is 48.1 Å². The standard InChI is InChI=1S/C25H20BrN3O2S/c26-21-7-3-6-19(15-21)24-16-25(20-9-8-17-4-1-2-5-18(17)14-20)29(28-24)22-10-12-23(13-11-22)32(27,30)31/h1-15,25H,16H2,(H2,27,30,31). The first-order valence-electron chi connectivity index (χ1n) is 10.1. The Bertz CT molecular complexity index is 1450. The fraction of sp³-hybridized carbons (Fsp3) is 0.0800. The number of sulfonamides is 1. The highest BCUT2D eigenvalue weighted by atomic mass is 79.9. The summed E-state index contributed by atoms with van der Waals surface area (Å²) in [5.41, 5.74) is 3.97. The van der Waals surface area contributed by atoms with Crippen LogP contribution in [0.25, 0.3) is 10.8 Å². The SMILES string of the molecule is NS(=O)(=O)c1ccc(N2N=C(c3cccc(Br)c3)CC2c2ccc3ccccc3c2)cc1. The van der Waals surface area contributed by atoms with Gasteiger partial charge in [-0.15, -0.1) is 0 Å². The molecule has 32 heavy (non-hydrogen) atoms. The molecule has 2 N–H and O–H groups in total. The monoisotopic (exact) mass is 505 g/mol. The summed E-state index contributed by atoms with van der Waals surface area (Å²) >= 11 is 3.55. The molecule has 7 heteroatoms. The van der Waals surface area contributed by atoms with Crippen LogP contribution >= 0.6 is 15.9 Å². The largest absolute Gasteiger partial charge is 0.257 e. The zero-order chi connectivity index (χ0) is 22.3. The van der Waals surface area contributed by atoms with Crippen molar-refractivity contribution in [3.8, 4) is 0 Å². The summed E-state index contributed by atoms with van der Waals surface area (Å²) in [6.07, 6.45) is 0.728. The van der Waals surface area contributed by atoms with Gasteiger partial charge in [-0.3, -0.25) is 5.01 Å². The molecule has 0 bridgehead atoms. The second kappa shape index (κ2) is 8.16. The maximum atomic E-state index is 11.7. The second-order valence-corrected chi connectivity index (χ2v) is 10.2. The molecule has 1 heterocycles. The molecule has 0 amide bonds. The predicted molar refractivity (Wildman–Crippen MR) is 132 cm³/mol. The molecular formula is C25H20BrN3O2S. The summed E-state index contributed by atoms with van der Waals surface area (Å²) in [5.74, 6) is 0. The van der Waals surface area contributed by atoms with E-state index in [-0.39, 0.29) is 10.9 Å². The van der Waals surface area contributed by atoms with Crippen LogP contribution in [0.4, 0.5) is 5.69 Å². The molecule has 0 spiro atoms. The van der Waals surface area contributed by atoms with Crippen molar-refractivity contribution < 1.29 is 8.42 Å². The summed E-state index contributed by atoms with van der Waals surface area (Å²) in [5, 5.41) is 14.5. The Labute approximate surface area is 195 Å². The first kappa shape index (κ1) is 20.9. The Morgan fingerprint density at radius 3 is 2.34 bits per heavy atom. The van der Waals surface area contributed by atoms with E-state index in [1.165, 1.54) is 22.9 Å². The van der Waals surface area contributed by atoms with Gasteiger partial charge >= 0.3 is 0 Å². The number of primary sulfonamides is 1. The predicted octanol–water partition coefficient (Wildman–Crippen LogP) is 5.61. The van der Waals surface area contributed by atoms with E-state index in [0.29, 0.717) is 0 Å². The van der Waals surface area contributed by atoms with Crippen LogP contribution in [0.2, 0.25) is 0 Å². The third-order valence-electron chi connectivity index (χ3n) is 5.66. The fourth-order valence-electron chi connectivity index (χ4n) is 4.05. The van der Waals surface area contributed by atoms with Crippen molar-refractivity contribution in [3.63, 3.8) is 0 Å². The van der Waals surface area contributed by atoms with E-state index in [4.69, 9.17) is 10.2 Å². The summed E-state index contributed by atoms with van der Waals surface area (Å²) in [6.45, 7) is 0. The lowest BCUT2D eigenvalue weighted by atomic mass is 9.96. The van der Waals surface area contributed by atoms with E-state index in [1.807, 2.05) is 29.3 Å². The van der Waals surface area contributed by atoms with Gasteiger partial charge in [0.15, 0.2) is 0 Å². The van der Waals surface area contributed by atoms with Gasteiger partial charge in [0, 0.05) is 10.9 Å². The highest BCUT2D eigenvalue weighted by Crippen LogP contribution is 2.38. The van der Waals surface area contributed by atoms with Gasteiger partial charge in [-0.25, -0.2) is 13.6 Å². The number of hydrogen-bond donors (Lipinski definition) is 1. The number of benzene rings is 4. The summed E-state index contributed by atoms with van der Waals surface area (Å²) < 4.78 is 24.3. The average molecular weight is 506 g/mol. The van der Waals surface area contributed by atoms with Crippen LogP contribution in [0, 0.1) is 0 Å². The van der Waals surface area contributed by atoms with E-state index < -0.39 is 10.0 Å². The van der Waals surface area contributed by atoms with Crippen molar-refractivity contribution in [2.24, 2.45) is 10.2 Å². The van der Waals surface area contributed by atoms with Gasteiger partial charge in [0.25, 0.3) is 0 Å². The van der Waals surface area contributed by atoms with E-state index in [1.54, 1.807) is 12.1 Å². The average Bonchev–Trinajstić information content (AvgIpc) is 3.24. The number of hydrazone groups is 1. The number of fused-ring (bicyclic) bond motifs is 1. The minimum atomic E-state index is -3.75. The number of rotatable bonds is 4. The molecular weight excluding hydrogens is 486 g/mol. The number of hydrogen-bond acceptors (Lipinski definition) is 4. The maximum Gasteiger partial charge on any atom is 0.238 e. The molecule has 1 aliphatic rings. The van der Waals surface area contributed by atoms with Gasteiger partial charge in [0.05, 0.1) is 22.3 Å². The zero-order valence-electron chi connectivity index (χ0n) is 17.0. The van der Waals surface area contributed by atoms with Gasteiger partial charge in [0.1, 0.15) is 0 Å². The zero-order valence-corrected chi connectivity index (χ0v) is 19.4. The van der Waals surface area contributed by atoms with Crippen LogP contribution in [0.5, 0.6) is 0 Å². The van der Waals surface area contributed by atoms with Crippen LogP contribution in [0.3, 0.4) is 0 Å². The van der Waals surface area contributed by atoms with E-state index in [0.717, 1.165) is 33.4 Å². The summed E-state index contributed by atoms with van der Waals surface area (Å²) in [7, 11) is -3.75. The van der Waals surface area contributed by atoms with Gasteiger partial charge in [-0.2, -0.15) is 5.10 Å². The second-order valence-electron chi connectivity index (χ2n) is 7.77. The number of anilines is 1. The molecule has 0 saturated carbocycles. The Kier molecular flexibility index (Phi) is 5.33. The topological polar surface area (TPSA) is 75.8 Å². The molecule has 5 nitrogen and oxygen atoms in total. The normalized spacial score (nSPS) is 16.4. The molecule has 0 aromatic heterocycles. The summed E-state index contributed by atoms with van der Waals surface area (Å²) in [4.78, 5) is 0.0823. The number of nitrogens with zero attached hydrogens (tertiary/aromatic N) is 2. The van der Waals surface area contributed by atoms with E-state index in [9.17, 15) is 8.42 Å². The van der Waals surface area contributed by atoms with Crippen LogP contribution in [0.1, 0.15) is 23.6 Å². The van der Waals surface area contributed by atoms with Gasteiger partial charge in [0.2, 0.25) is 10.0 Å². The molecule has 1 aliphatic heterocycles. The van der Waals surface area contributed by atoms with Crippen molar-refractivity contribution in [2.75, 3.05) is 5.01 Å². The molecule has 4 aromatic carbocycles. The Morgan fingerprint density at radius 1 is 0.875 bits per heavy atom. The van der Waals surface area contributed by atoms with E-state index >= 15 is 0 Å². The summed E-state index contributed by atoms with van der Waals surface area (Å²) in [6, 6.07) is 29.4. The molecule has 4 aromatic rings. The Morgan fingerprint density at radius 2 is 1.62 bits per heavy atom. The van der Waals surface area contributed by atoms with Crippen molar-refractivity contribution in [1.29, 1.82) is 0 Å². The lowest BCUT2D eigenvalue weighted by Gasteiger charge is -2.24. The van der Waals surface area contributed by atoms with Crippen LogP contribution in [0.15, 0.2) is 105 Å². The molecule has 0 radical (unpaired) electrons. The minimum Gasteiger partial charge on any atom is -0.257 e. The minimum absolute atomic E-state index is 0.0195. The molecule has 5 rings (SSSR count). The molecule has 1 atom stereocenters. The van der Waals surface area contributed by atoms with Crippen molar-refractivity contribution in [2.45, 2.75) is 17.4 Å². The van der Waals surface area contributed by atoms with Crippen LogP contribution in [-0.2, 0) is 10.0 Å². The lowest BCUT2D eigenvalue weighted by Crippen LogP contribution is -2.19.